The lowest BCUT2D eigenvalue weighted by molar-refractivity contribution is -0.137. The lowest BCUT2D eigenvalue weighted by Gasteiger charge is -2.44. The Morgan fingerprint density at radius 2 is 1.44 bits per heavy atom. The maximum atomic E-state index is 13.9. The van der Waals surface area contributed by atoms with E-state index in [1.807, 2.05) is 92.7 Å². The monoisotopic (exact) mass is 787 g/mol. The summed E-state index contributed by atoms with van der Waals surface area (Å²) in [6.45, 7) is 9.72. The number of imide groups is 3. The topological polar surface area (TPSA) is 134 Å². The lowest BCUT2D eigenvalue weighted by Crippen LogP contribution is -2.66. The summed E-state index contributed by atoms with van der Waals surface area (Å²) in [5.41, 5.74) is 5.42. The van der Waals surface area contributed by atoms with Crippen LogP contribution < -0.4 is 10.4 Å². The molecule has 4 aromatic carbocycles. The third kappa shape index (κ3) is 8.05. The Hall–Kier alpha value is -5.13. The molecule has 0 spiro atoms. The number of ether oxygens (including phenoxy) is 1. The number of fused-ring (bicyclic) bond motifs is 1. The fourth-order valence-electron chi connectivity index (χ4n) is 8.99. The Kier molecular flexibility index (Phi) is 12.5. The molecule has 57 heavy (non-hydrogen) atoms. The molecule has 1 aliphatic heterocycles. The molecule has 1 fully saturated rings. The number of hydrogen-bond acceptors (Lipinski definition) is 8. The second-order valence-corrected chi connectivity index (χ2v) is 20.5. The molecule has 4 aromatic rings. The van der Waals surface area contributed by atoms with E-state index in [0.29, 0.717) is 22.5 Å². The van der Waals surface area contributed by atoms with Gasteiger partial charge in [0.2, 0.25) is 11.8 Å². The number of hydrogen-bond donors (Lipinski definition) is 3. The maximum absolute atomic E-state index is 13.9. The molecule has 9 nitrogen and oxygen atoms in total. The van der Waals surface area contributed by atoms with E-state index in [-0.39, 0.29) is 30.2 Å². The highest BCUT2D eigenvalue weighted by atomic mass is 28.4. The molecule has 0 unspecified atom stereocenters. The highest BCUT2D eigenvalue weighted by molar-refractivity contribution is 6.99. The number of aryl methyl sites for hydroxylation is 2. The van der Waals surface area contributed by atoms with E-state index in [4.69, 9.17) is 9.16 Å². The van der Waals surface area contributed by atoms with E-state index in [1.165, 1.54) is 0 Å². The van der Waals surface area contributed by atoms with Crippen LogP contribution in [-0.4, -0.2) is 72.9 Å². The fraction of sp³-hybridized carbons (Fsp3) is 0.340. The first-order valence-electron chi connectivity index (χ1n) is 19.5. The zero-order valence-corrected chi connectivity index (χ0v) is 34.6. The molecule has 3 N–H and O–H groups in total. The van der Waals surface area contributed by atoms with Crippen LogP contribution in [0.1, 0.15) is 62.3 Å². The van der Waals surface area contributed by atoms with Gasteiger partial charge < -0.3 is 24.5 Å². The second kappa shape index (κ2) is 17.2. The van der Waals surface area contributed by atoms with Gasteiger partial charge >= 0.3 is 6.09 Å². The van der Waals surface area contributed by atoms with Crippen LogP contribution in [0, 0.1) is 31.6 Å². The first kappa shape index (κ1) is 41.5. The van der Waals surface area contributed by atoms with Gasteiger partial charge in [0.15, 0.2) is 0 Å². The quantitative estimate of drug-likeness (QED) is 0.0609. The van der Waals surface area contributed by atoms with Crippen molar-refractivity contribution in [3.63, 3.8) is 0 Å². The third-order valence-electron chi connectivity index (χ3n) is 11.7. The number of rotatable bonds is 12. The number of nitrogens with zero attached hydrogens (tertiary/aromatic N) is 1. The van der Waals surface area contributed by atoms with E-state index in [0.717, 1.165) is 45.3 Å². The Morgan fingerprint density at radius 3 is 1.95 bits per heavy atom. The minimum absolute atomic E-state index is 0.0343. The van der Waals surface area contributed by atoms with Crippen LogP contribution in [0.15, 0.2) is 114 Å². The van der Waals surface area contributed by atoms with Gasteiger partial charge in [-0.1, -0.05) is 118 Å². The number of carbonyl (C=O) groups excluding carboxylic acids is 3. The molecule has 0 aromatic heterocycles. The predicted octanol–water partition coefficient (Wildman–Crippen LogP) is 6.94. The smallest absolute Gasteiger partial charge is 0.423 e. The Labute approximate surface area is 336 Å². The number of aromatic hydroxyl groups is 1. The number of amides is 3. The molecule has 0 radical (unpaired) electrons. The molecule has 1 aliphatic carbocycles. The molecule has 298 valence electrons. The number of allylic oxidation sites excluding steroid dienone is 1. The van der Waals surface area contributed by atoms with Gasteiger partial charge in [0.05, 0.1) is 38.3 Å². The van der Waals surface area contributed by atoms with Crippen LogP contribution in [0.3, 0.4) is 0 Å². The first-order chi connectivity index (χ1) is 27.2. The van der Waals surface area contributed by atoms with Crippen LogP contribution >= 0.6 is 0 Å². The predicted molar refractivity (Wildman–Crippen MR) is 224 cm³/mol. The molecule has 1 heterocycles. The summed E-state index contributed by atoms with van der Waals surface area (Å²) >= 11 is 0. The zero-order valence-electron chi connectivity index (χ0n) is 33.6. The normalized spacial score (nSPS) is 19.5. The molecular formula is C47H53NO8Si. The van der Waals surface area contributed by atoms with Crippen molar-refractivity contribution in [2.24, 2.45) is 17.8 Å². The maximum Gasteiger partial charge on any atom is 0.423 e. The highest BCUT2D eigenvalue weighted by Gasteiger charge is 2.58. The summed E-state index contributed by atoms with van der Waals surface area (Å²) < 4.78 is 12.2. The van der Waals surface area contributed by atoms with Gasteiger partial charge in [-0.25, -0.2) is 4.79 Å². The van der Waals surface area contributed by atoms with E-state index < -0.39 is 56.7 Å². The molecule has 0 bridgehead atoms. The number of phenols is 1. The molecule has 1 saturated heterocycles. The first-order valence-corrected chi connectivity index (χ1v) is 21.4. The van der Waals surface area contributed by atoms with E-state index in [2.05, 4.69) is 51.1 Å². The molecule has 0 saturated carbocycles. The summed E-state index contributed by atoms with van der Waals surface area (Å²) in [4.78, 5) is 41.0. The van der Waals surface area contributed by atoms with Crippen LogP contribution in [0.2, 0.25) is 5.04 Å². The summed E-state index contributed by atoms with van der Waals surface area (Å²) in [7, 11) is -2.00. The Balaban J connectivity index is 1.45. The number of benzene rings is 4. The van der Waals surface area contributed by atoms with Crippen molar-refractivity contribution in [1.82, 2.24) is 4.90 Å². The van der Waals surface area contributed by atoms with Crippen molar-refractivity contribution in [3.8, 4) is 5.75 Å². The van der Waals surface area contributed by atoms with E-state index in [9.17, 15) is 29.7 Å². The number of likely N-dealkylation sites (tertiary alicyclic amines) is 1. The summed E-state index contributed by atoms with van der Waals surface area (Å²) in [5.74, 6) is -4.12. The molecule has 3 amide bonds. The molecule has 2 aliphatic rings. The molecular weight excluding hydrogens is 735 g/mol. The second-order valence-electron chi connectivity index (χ2n) is 16.2. The SMILES string of the molecule is COC(=O)N1C(=O)[C@@H]2[C@@H](CC(CO[Si](c3ccccc3)(c3ccccc3)C(C)(C)C)=C([C@H](O)CC/C(=C/c3cc(C)c(O)c(C)c3)c3ccccc3)[C@@H]2CO)C1=O. The van der Waals surface area contributed by atoms with Crippen molar-refractivity contribution in [3.05, 3.63) is 137 Å². The minimum Gasteiger partial charge on any atom is -0.507 e. The van der Waals surface area contributed by atoms with Crippen molar-refractivity contribution >= 4 is 48.2 Å². The average Bonchev–Trinajstić information content (AvgIpc) is 3.46. The van der Waals surface area contributed by atoms with Gasteiger partial charge in [-0.15, -0.1) is 0 Å². The minimum atomic E-state index is -3.11. The number of methoxy groups -OCH3 is 1. The molecule has 10 heteroatoms. The standard InChI is InChI=1S/C47H53NO8Si/c1-30-24-32(25-31(2)43(30)51)26-34(33-16-10-7-11-17-33)22-23-40(50)41-35(27-38-42(39(41)28-49)45(53)48(44(38)52)46(54)55-6)29-56-57(47(3,4)5,36-18-12-8-13-19-36)37-20-14-9-15-21-37/h7-21,24-26,38-40,42,49-51H,22-23,27-29H2,1-6H3/b34-26-/t38-,39+,40-,42-/m1/s1. The van der Waals surface area contributed by atoms with Crippen LogP contribution in [0.5, 0.6) is 5.75 Å². The van der Waals surface area contributed by atoms with Gasteiger partial charge in [0, 0.05) is 5.92 Å². The van der Waals surface area contributed by atoms with Gasteiger partial charge in [-0.2, -0.15) is 4.90 Å². The number of carbonyl (C=O) groups is 3. The summed E-state index contributed by atoms with van der Waals surface area (Å²) in [6, 6.07) is 34.0. The van der Waals surface area contributed by atoms with Gasteiger partial charge in [0.25, 0.3) is 8.32 Å². The van der Waals surface area contributed by atoms with E-state index in [1.54, 1.807) is 0 Å². The highest BCUT2D eigenvalue weighted by Crippen LogP contribution is 2.47. The third-order valence-corrected chi connectivity index (χ3v) is 16.6. The molecule has 4 atom stereocenters. The Bertz CT molecular complexity index is 2100. The van der Waals surface area contributed by atoms with Crippen LogP contribution in [0.4, 0.5) is 4.79 Å². The fourth-order valence-corrected chi connectivity index (χ4v) is 13.5. The Morgan fingerprint density at radius 1 is 0.895 bits per heavy atom. The van der Waals surface area contributed by atoms with Gasteiger partial charge in [0.1, 0.15) is 5.75 Å². The average molecular weight is 788 g/mol. The summed E-state index contributed by atoms with van der Waals surface area (Å²) in [6.07, 6.45) is 0.565. The van der Waals surface area contributed by atoms with Crippen molar-refractivity contribution in [2.45, 2.75) is 65.0 Å². The van der Waals surface area contributed by atoms with E-state index >= 15 is 0 Å². The lowest BCUT2D eigenvalue weighted by atomic mass is 9.68. The van der Waals surface area contributed by atoms with Crippen LogP contribution in [-0.2, 0) is 18.8 Å². The van der Waals surface area contributed by atoms with Crippen molar-refractivity contribution < 1.29 is 38.9 Å². The number of phenolic OH excluding ortho intramolecular Hbond substituents is 1. The summed E-state index contributed by atoms with van der Waals surface area (Å²) in [5, 5.41) is 35.6. The van der Waals surface area contributed by atoms with Crippen LogP contribution in [0.25, 0.3) is 11.6 Å². The van der Waals surface area contributed by atoms with Crippen molar-refractivity contribution in [2.75, 3.05) is 20.3 Å². The number of aliphatic hydroxyl groups excluding tert-OH is 2. The largest absolute Gasteiger partial charge is 0.507 e. The molecule has 6 rings (SSSR count). The van der Waals surface area contributed by atoms with Crippen molar-refractivity contribution in [1.29, 1.82) is 0 Å². The number of aliphatic hydroxyl groups is 2. The van der Waals surface area contributed by atoms with Gasteiger partial charge in [-0.05, 0) is 99.6 Å². The zero-order chi connectivity index (χ0) is 41.1. The van der Waals surface area contributed by atoms with Gasteiger partial charge in [-0.3, -0.25) is 9.59 Å².